The van der Waals surface area contributed by atoms with Crippen LogP contribution in [0.1, 0.15) is 41.2 Å². The summed E-state index contributed by atoms with van der Waals surface area (Å²) in [6.07, 6.45) is -0.288. The number of carboxylic acids is 1. The molecule has 0 radical (unpaired) electrons. The lowest BCUT2D eigenvalue weighted by molar-refractivity contribution is -0.146. The second-order valence-corrected chi connectivity index (χ2v) is 14.6. The van der Waals surface area contributed by atoms with Gasteiger partial charge >= 0.3 is 13.6 Å². The monoisotopic (exact) mass is 672 g/mol. The smallest absolute Gasteiger partial charge is 0.325 e. The molecule has 0 spiro atoms. The van der Waals surface area contributed by atoms with Crippen LogP contribution in [0, 0.1) is 17.0 Å². The molecule has 0 bridgehead atoms. The number of hydrogen-bond donors (Lipinski definition) is 3. The van der Waals surface area contributed by atoms with Crippen molar-refractivity contribution >= 4 is 62.2 Å². The van der Waals surface area contributed by atoms with Crippen LogP contribution >= 0.6 is 30.3 Å². The van der Waals surface area contributed by atoms with Crippen LogP contribution in [0.25, 0.3) is 20.2 Å². The number of ketones is 1. The van der Waals surface area contributed by atoms with E-state index in [1.165, 1.54) is 51.5 Å². The number of fused-ring (bicyclic) bond motifs is 2. The van der Waals surface area contributed by atoms with E-state index < -0.39 is 36.4 Å². The minimum absolute atomic E-state index is 0.0172. The molecule has 2 aromatic carbocycles. The number of aliphatic carboxylic acids is 1. The van der Waals surface area contributed by atoms with Crippen LogP contribution in [0.15, 0.2) is 24.3 Å². The topological polar surface area (TPSA) is 149 Å². The number of halogens is 2. The maximum Gasteiger partial charge on any atom is 0.325 e. The summed E-state index contributed by atoms with van der Waals surface area (Å²) in [6.45, 7) is 2.84. The molecule has 2 aromatic heterocycles. The van der Waals surface area contributed by atoms with Gasteiger partial charge in [0.1, 0.15) is 0 Å². The molecule has 10 nitrogen and oxygen atoms in total. The summed E-state index contributed by atoms with van der Waals surface area (Å²) in [4.78, 5) is 43.3. The molecule has 0 aliphatic carbocycles. The first kappa shape index (κ1) is 33.6. The van der Waals surface area contributed by atoms with Gasteiger partial charge in [0.2, 0.25) is 0 Å². The lowest BCUT2D eigenvalue weighted by Gasteiger charge is -2.16. The molecule has 0 atom stereocenters. The zero-order chi connectivity index (χ0) is 32.4. The average molecular weight is 673 g/mol. The lowest BCUT2D eigenvalue weighted by Crippen LogP contribution is -2.26. The van der Waals surface area contributed by atoms with Gasteiger partial charge in [0, 0.05) is 50.0 Å². The van der Waals surface area contributed by atoms with Gasteiger partial charge in [0.05, 0.1) is 43.9 Å². The Morgan fingerprint density at radius 3 is 1.91 bits per heavy atom. The number of carbonyl (C=O) groups is 2. The number of ether oxygens (including phenoxy) is 4. The second-order valence-electron chi connectivity index (χ2n) is 10.6. The molecule has 0 aliphatic rings. The van der Waals surface area contributed by atoms with Crippen LogP contribution in [-0.4, -0.2) is 60.2 Å². The van der Waals surface area contributed by atoms with Gasteiger partial charge in [-0.3, -0.25) is 14.2 Å². The molecule has 0 saturated heterocycles. The maximum atomic E-state index is 15.5. The molecule has 0 unspecified atom stereocenters. The SMILES string of the molecule is COc1cc2sc(CCP(=O)(O)O)cc2c(F)c1OCCCOc1c(OC)cc2sc(C(=O)CC(C)(C)C(=O)O)cc2c1F. The number of thiophene rings is 2. The minimum Gasteiger partial charge on any atom is -0.493 e. The molecule has 4 rings (SSSR count). The first-order valence-electron chi connectivity index (χ1n) is 13.3. The van der Waals surface area contributed by atoms with E-state index in [1.807, 2.05) is 0 Å². The third-order valence-corrected chi connectivity index (χ3v) is 9.81. The van der Waals surface area contributed by atoms with E-state index >= 15 is 8.78 Å². The number of carboxylic acid groups (broad SMARTS) is 1. The third-order valence-electron chi connectivity index (χ3n) is 6.74. The van der Waals surface area contributed by atoms with Gasteiger partial charge in [-0.25, -0.2) is 8.78 Å². The number of Topliss-reactive ketones (excluding diaryl/α,β-unsaturated/α-hetero) is 1. The van der Waals surface area contributed by atoms with Crippen LogP contribution in [-0.2, 0) is 15.8 Å². The lowest BCUT2D eigenvalue weighted by atomic mass is 9.87. The van der Waals surface area contributed by atoms with E-state index in [0.29, 0.717) is 14.3 Å². The van der Waals surface area contributed by atoms with Crippen molar-refractivity contribution in [1.82, 2.24) is 0 Å². The molecular formula is C29H31F2O10PS2. The summed E-state index contributed by atoms with van der Waals surface area (Å²) in [6, 6.07) is 6.03. The van der Waals surface area contributed by atoms with E-state index in [9.17, 15) is 19.3 Å². The van der Waals surface area contributed by atoms with Crippen LogP contribution in [0.3, 0.4) is 0 Å². The Labute approximate surface area is 259 Å². The fourth-order valence-corrected chi connectivity index (χ4v) is 7.11. The zero-order valence-corrected chi connectivity index (χ0v) is 26.8. The van der Waals surface area contributed by atoms with Crippen molar-refractivity contribution in [2.45, 2.75) is 33.1 Å². The number of methoxy groups -OCH3 is 2. The van der Waals surface area contributed by atoms with E-state index in [1.54, 1.807) is 12.1 Å². The Kier molecular flexibility index (Phi) is 10.2. The molecule has 0 saturated carbocycles. The number of carbonyl (C=O) groups excluding carboxylic acids is 1. The molecule has 3 N–H and O–H groups in total. The number of benzene rings is 2. The van der Waals surface area contributed by atoms with E-state index in [4.69, 9.17) is 28.7 Å². The van der Waals surface area contributed by atoms with Crippen molar-refractivity contribution in [2.75, 3.05) is 33.6 Å². The van der Waals surface area contributed by atoms with Crippen molar-refractivity contribution in [2.24, 2.45) is 5.41 Å². The quantitative estimate of drug-likeness (QED) is 0.0711. The van der Waals surface area contributed by atoms with Gasteiger partial charge in [0.25, 0.3) is 0 Å². The van der Waals surface area contributed by atoms with Gasteiger partial charge in [-0.05, 0) is 32.4 Å². The zero-order valence-electron chi connectivity index (χ0n) is 24.3. The number of aryl methyl sites for hydroxylation is 1. The third kappa shape index (κ3) is 7.49. The summed E-state index contributed by atoms with van der Waals surface area (Å²) in [5.74, 6) is -3.00. The Morgan fingerprint density at radius 1 is 0.886 bits per heavy atom. The van der Waals surface area contributed by atoms with Crippen molar-refractivity contribution in [1.29, 1.82) is 0 Å². The van der Waals surface area contributed by atoms with Gasteiger partial charge in [-0.1, -0.05) is 0 Å². The fourth-order valence-electron chi connectivity index (χ4n) is 4.31. The standard InChI is InChI=1S/C29H31F2O10PS2/c1-29(2,28(33)34)14-18(32)23-11-17-22(44-23)13-20(39-4)27(25(17)31)41-8-5-7-40-26-19(38-3)12-21-16(24(26)30)10-15(43-21)6-9-42(35,36)37/h10-13H,5-9,14H2,1-4H3,(H,33,34)(H2,35,36,37). The summed E-state index contributed by atoms with van der Waals surface area (Å²) in [5, 5.41) is 9.71. The number of hydrogen-bond acceptors (Lipinski definition) is 9. The van der Waals surface area contributed by atoms with E-state index in [-0.39, 0.29) is 77.3 Å². The highest BCUT2D eigenvalue weighted by molar-refractivity contribution is 7.51. The fraction of sp³-hybridized carbons (Fsp3) is 0.379. The molecule has 2 heterocycles. The first-order chi connectivity index (χ1) is 20.6. The average Bonchev–Trinajstić information content (AvgIpc) is 3.57. The highest BCUT2D eigenvalue weighted by atomic mass is 32.1. The van der Waals surface area contributed by atoms with Crippen molar-refractivity contribution in [3.8, 4) is 23.0 Å². The predicted octanol–water partition coefficient (Wildman–Crippen LogP) is 6.66. The molecule has 15 heteroatoms. The van der Waals surface area contributed by atoms with E-state index in [2.05, 4.69) is 0 Å². The summed E-state index contributed by atoms with van der Waals surface area (Å²) in [5.41, 5.74) is -1.28. The molecule has 44 heavy (non-hydrogen) atoms. The van der Waals surface area contributed by atoms with Crippen molar-refractivity contribution in [3.05, 3.63) is 45.7 Å². The Balaban J connectivity index is 1.44. The molecular weight excluding hydrogens is 641 g/mol. The minimum atomic E-state index is -4.20. The Morgan fingerprint density at radius 2 is 1.41 bits per heavy atom. The van der Waals surface area contributed by atoms with Crippen LogP contribution in [0.5, 0.6) is 23.0 Å². The van der Waals surface area contributed by atoms with Crippen molar-refractivity contribution in [3.63, 3.8) is 0 Å². The van der Waals surface area contributed by atoms with Gasteiger partial charge in [-0.15, -0.1) is 22.7 Å². The van der Waals surface area contributed by atoms with Crippen LogP contribution < -0.4 is 18.9 Å². The van der Waals surface area contributed by atoms with Gasteiger partial charge < -0.3 is 33.8 Å². The first-order valence-corrected chi connectivity index (χ1v) is 16.7. The predicted molar refractivity (Wildman–Crippen MR) is 163 cm³/mol. The van der Waals surface area contributed by atoms with Crippen LogP contribution in [0.2, 0.25) is 0 Å². The molecule has 0 amide bonds. The summed E-state index contributed by atoms with van der Waals surface area (Å²) < 4.78 is 65.0. The van der Waals surface area contributed by atoms with Crippen molar-refractivity contribution < 1.29 is 56.8 Å². The highest BCUT2D eigenvalue weighted by Gasteiger charge is 2.31. The number of rotatable bonds is 15. The van der Waals surface area contributed by atoms with Gasteiger partial charge in [0.15, 0.2) is 40.4 Å². The Bertz CT molecular complexity index is 1760. The molecule has 0 fully saturated rings. The molecule has 4 aromatic rings. The highest BCUT2D eigenvalue weighted by Crippen LogP contribution is 2.43. The molecule has 0 aliphatic heterocycles. The van der Waals surface area contributed by atoms with Crippen LogP contribution in [0.4, 0.5) is 8.78 Å². The second kappa shape index (κ2) is 13.4. The Hall–Kier alpha value is -3.29. The summed E-state index contributed by atoms with van der Waals surface area (Å²) in [7, 11) is -1.49. The molecule has 238 valence electrons. The van der Waals surface area contributed by atoms with Gasteiger partial charge in [-0.2, -0.15) is 0 Å². The largest absolute Gasteiger partial charge is 0.493 e. The normalized spacial score (nSPS) is 12.1. The maximum absolute atomic E-state index is 15.5. The summed E-state index contributed by atoms with van der Waals surface area (Å²) >= 11 is 2.23. The van der Waals surface area contributed by atoms with E-state index in [0.717, 1.165) is 11.3 Å².